The Kier molecular flexibility index (Phi) is 3.61. The lowest BCUT2D eigenvalue weighted by Crippen LogP contribution is -1.99. The minimum absolute atomic E-state index is 0.122. The van der Waals surface area contributed by atoms with Gasteiger partial charge in [0.05, 0.1) is 11.3 Å². The molecule has 0 aliphatic heterocycles. The van der Waals surface area contributed by atoms with Gasteiger partial charge in [0.1, 0.15) is 5.75 Å². The summed E-state index contributed by atoms with van der Waals surface area (Å²) >= 11 is 0. The topological polar surface area (TPSA) is 69.9 Å². The fourth-order valence-electron chi connectivity index (χ4n) is 1.77. The molecule has 0 fully saturated rings. The van der Waals surface area contributed by atoms with Crippen molar-refractivity contribution in [2.45, 2.75) is 6.92 Å². The Balaban J connectivity index is 2.47. The Morgan fingerprint density at radius 1 is 1.00 bits per heavy atom. The van der Waals surface area contributed by atoms with Crippen molar-refractivity contribution in [3.8, 4) is 5.75 Å². The van der Waals surface area contributed by atoms with Crippen LogP contribution in [-0.2, 0) is 0 Å². The Morgan fingerprint density at radius 2 is 1.58 bits per heavy atom. The van der Waals surface area contributed by atoms with Crippen LogP contribution in [0.25, 0.3) is 0 Å². The lowest BCUT2D eigenvalue weighted by molar-refractivity contribution is 0.0698. The molecule has 0 aromatic heterocycles. The van der Waals surface area contributed by atoms with Crippen LogP contribution in [0.2, 0.25) is 0 Å². The summed E-state index contributed by atoms with van der Waals surface area (Å²) in [5.41, 5.74) is 1.66. The Morgan fingerprint density at radius 3 is 2.21 bits per heavy atom. The molecule has 0 radical (unpaired) electrons. The highest BCUT2D eigenvalue weighted by molar-refractivity contribution is 6.04. The van der Waals surface area contributed by atoms with E-state index in [1.165, 1.54) is 6.07 Å². The molecule has 0 saturated heterocycles. The maximum Gasteiger partial charge on any atom is 0.337 e. The predicted octanol–water partition coefficient (Wildman–Crippen LogP) is 3.23. The minimum atomic E-state index is -1.02. The highest BCUT2D eigenvalue weighted by Crippen LogP contribution is 2.23. The molecule has 0 aliphatic rings. The minimum Gasteiger partial charge on any atom is -0.507 e. The molecule has 2 aromatic carbocycles. The van der Waals surface area contributed by atoms with Gasteiger partial charge in [-0.1, -0.05) is 24.3 Å². The van der Waals surface area contributed by atoms with Crippen LogP contribution >= 0.6 is 0 Å². The van der Waals surface area contributed by atoms with Gasteiger partial charge in [0.15, 0.2) is 0 Å². The number of benzene rings is 2. The van der Waals surface area contributed by atoms with E-state index in [9.17, 15) is 9.90 Å². The van der Waals surface area contributed by atoms with Gasteiger partial charge in [0.25, 0.3) is 0 Å². The van der Waals surface area contributed by atoms with E-state index in [0.717, 1.165) is 0 Å². The molecule has 2 rings (SSSR count). The summed E-state index contributed by atoms with van der Waals surface area (Å²) in [6.45, 7) is 1.73. The number of phenols is 1. The molecule has 0 saturated carbocycles. The Bertz CT molecular complexity index is 647. The van der Waals surface area contributed by atoms with E-state index in [1.54, 1.807) is 49.4 Å². The lowest BCUT2D eigenvalue weighted by atomic mass is 10.1. The number of nitrogens with zero attached hydrogens (tertiary/aromatic N) is 1. The van der Waals surface area contributed by atoms with E-state index < -0.39 is 5.97 Å². The summed E-state index contributed by atoms with van der Waals surface area (Å²) in [6, 6.07) is 13.3. The lowest BCUT2D eigenvalue weighted by Gasteiger charge is -2.05. The molecule has 0 heterocycles. The SMILES string of the molecule is CC(=Nc1ccccc1C(=O)O)c1ccccc1O. The molecular formula is C15H13NO3. The van der Waals surface area contributed by atoms with Crippen LogP contribution in [0.5, 0.6) is 5.75 Å². The first kappa shape index (κ1) is 12.8. The van der Waals surface area contributed by atoms with Crippen molar-refractivity contribution in [3.05, 3.63) is 59.7 Å². The van der Waals surface area contributed by atoms with Crippen molar-refractivity contribution in [3.63, 3.8) is 0 Å². The molecule has 2 N–H and O–H groups in total. The van der Waals surface area contributed by atoms with Gasteiger partial charge in [0, 0.05) is 11.3 Å². The van der Waals surface area contributed by atoms with Crippen molar-refractivity contribution < 1.29 is 15.0 Å². The number of hydrogen-bond donors (Lipinski definition) is 2. The normalized spacial score (nSPS) is 11.3. The molecule has 4 nitrogen and oxygen atoms in total. The number of para-hydroxylation sites is 2. The van der Waals surface area contributed by atoms with Crippen LogP contribution in [0.3, 0.4) is 0 Å². The van der Waals surface area contributed by atoms with E-state index in [-0.39, 0.29) is 11.3 Å². The standard InChI is InChI=1S/C15H13NO3/c1-10(11-6-3-5-9-14(11)17)16-13-8-4-2-7-12(13)15(18)19/h2-9,17H,1H3,(H,18,19). The number of phenolic OH excluding ortho intramolecular Hbond substituents is 1. The van der Waals surface area contributed by atoms with Crippen LogP contribution in [0.1, 0.15) is 22.8 Å². The van der Waals surface area contributed by atoms with Gasteiger partial charge < -0.3 is 10.2 Å². The first-order chi connectivity index (χ1) is 9.09. The highest BCUT2D eigenvalue weighted by atomic mass is 16.4. The second-order valence-corrected chi connectivity index (χ2v) is 4.04. The van der Waals surface area contributed by atoms with Crippen molar-refractivity contribution in [2.24, 2.45) is 4.99 Å². The highest BCUT2D eigenvalue weighted by Gasteiger charge is 2.09. The van der Waals surface area contributed by atoms with Crippen molar-refractivity contribution in [1.29, 1.82) is 0 Å². The number of hydrogen-bond acceptors (Lipinski definition) is 3. The van der Waals surface area contributed by atoms with Crippen molar-refractivity contribution in [1.82, 2.24) is 0 Å². The molecule has 19 heavy (non-hydrogen) atoms. The van der Waals surface area contributed by atoms with Gasteiger partial charge in [-0.15, -0.1) is 0 Å². The van der Waals surface area contributed by atoms with Crippen LogP contribution in [-0.4, -0.2) is 21.9 Å². The van der Waals surface area contributed by atoms with Gasteiger partial charge in [-0.05, 0) is 31.2 Å². The summed E-state index contributed by atoms with van der Waals surface area (Å²) in [4.78, 5) is 15.4. The summed E-state index contributed by atoms with van der Waals surface area (Å²) in [7, 11) is 0. The van der Waals surface area contributed by atoms with E-state index in [2.05, 4.69) is 4.99 Å². The van der Waals surface area contributed by atoms with Gasteiger partial charge >= 0.3 is 5.97 Å². The number of rotatable bonds is 3. The number of aliphatic imine (C=N–C) groups is 1. The van der Waals surface area contributed by atoms with Crippen LogP contribution in [0.15, 0.2) is 53.5 Å². The van der Waals surface area contributed by atoms with Crippen LogP contribution in [0, 0.1) is 0 Å². The first-order valence-electron chi connectivity index (χ1n) is 5.75. The number of carboxylic acids is 1. The fraction of sp³-hybridized carbons (Fsp3) is 0.0667. The van der Waals surface area contributed by atoms with Gasteiger partial charge in [-0.3, -0.25) is 4.99 Å². The molecule has 2 aromatic rings. The fourth-order valence-corrected chi connectivity index (χ4v) is 1.77. The third kappa shape index (κ3) is 2.80. The largest absolute Gasteiger partial charge is 0.507 e. The quantitative estimate of drug-likeness (QED) is 0.827. The first-order valence-corrected chi connectivity index (χ1v) is 5.75. The molecule has 0 aliphatic carbocycles. The predicted molar refractivity (Wildman–Crippen MR) is 73.4 cm³/mol. The number of carbonyl (C=O) groups is 1. The smallest absolute Gasteiger partial charge is 0.337 e. The zero-order chi connectivity index (χ0) is 13.8. The average Bonchev–Trinajstić information content (AvgIpc) is 2.39. The van der Waals surface area contributed by atoms with Crippen molar-refractivity contribution >= 4 is 17.4 Å². The summed E-state index contributed by atoms with van der Waals surface area (Å²) in [6.07, 6.45) is 0. The van der Waals surface area contributed by atoms with E-state index >= 15 is 0 Å². The summed E-state index contributed by atoms with van der Waals surface area (Å²) in [5.74, 6) is -0.902. The van der Waals surface area contributed by atoms with Crippen LogP contribution < -0.4 is 0 Å². The second-order valence-electron chi connectivity index (χ2n) is 4.04. The Hall–Kier alpha value is -2.62. The average molecular weight is 255 g/mol. The third-order valence-corrected chi connectivity index (χ3v) is 2.72. The summed E-state index contributed by atoms with van der Waals surface area (Å²) < 4.78 is 0. The molecule has 4 heteroatoms. The zero-order valence-electron chi connectivity index (χ0n) is 10.4. The molecular weight excluding hydrogens is 242 g/mol. The Labute approximate surface area is 110 Å². The third-order valence-electron chi connectivity index (χ3n) is 2.72. The monoisotopic (exact) mass is 255 g/mol. The van der Waals surface area contributed by atoms with E-state index in [0.29, 0.717) is 17.0 Å². The summed E-state index contributed by atoms with van der Waals surface area (Å²) in [5, 5.41) is 18.8. The number of carboxylic acid groups (broad SMARTS) is 1. The number of aromatic carboxylic acids is 1. The van der Waals surface area contributed by atoms with Crippen molar-refractivity contribution in [2.75, 3.05) is 0 Å². The van der Waals surface area contributed by atoms with Gasteiger partial charge in [0.2, 0.25) is 0 Å². The van der Waals surface area contributed by atoms with E-state index in [4.69, 9.17) is 5.11 Å². The molecule has 0 bridgehead atoms. The molecule has 0 atom stereocenters. The zero-order valence-corrected chi connectivity index (χ0v) is 10.4. The second kappa shape index (κ2) is 5.35. The molecule has 0 spiro atoms. The molecule has 96 valence electrons. The van der Waals surface area contributed by atoms with E-state index in [1.807, 2.05) is 0 Å². The molecule has 0 amide bonds. The van der Waals surface area contributed by atoms with Gasteiger partial charge in [-0.2, -0.15) is 0 Å². The van der Waals surface area contributed by atoms with Gasteiger partial charge in [-0.25, -0.2) is 4.79 Å². The maximum atomic E-state index is 11.1. The van der Waals surface area contributed by atoms with Crippen LogP contribution in [0.4, 0.5) is 5.69 Å². The number of aromatic hydroxyl groups is 1. The molecule has 0 unspecified atom stereocenters. The maximum absolute atomic E-state index is 11.1.